The highest BCUT2D eigenvalue weighted by Crippen LogP contribution is 1.98. The second kappa shape index (κ2) is 12.4. The lowest BCUT2D eigenvalue weighted by Crippen LogP contribution is -2.27. The first-order chi connectivity index (χ1) is 7.83. The molecular formula is C11H20Cl2N4O. The number of hydrogen-bond acceptors (Lipinski definition) is 4. The highest BCUT2D eigenvalue weighted by Gasteiger charge is 1.97. The van der Waals surface area contributed by atoms with Gasteiger partial charge in [-0.2, -0.15) is 0 Å². The summed E-state index contributed by atoms with van der Waals surface area (Å²) in [6.07, 6.45) is 3.01. The Bertz CT molecular complexity index is 311. The van der Waals surface area contributed by atoms with E-state index < -0.39 is 0 Å². The molecule has 0 spiro atoms. The van der Waals surface area contributed by atoms with Crippen LogP contribution in [-0.4, -0.2) is 30.5 Å². The Morgan fingerprint density at radius 3 is 2.67 bits per heavy atom. The number of nitrogens with one attached hydrogen (secondary N) is 2. The SMILES string of the molecule is Cl.Cl.NCCC(=O)NCCCNc1ccccn1. The second-order valence-corrected chi connectivity index (χ2v) is 3.38. The number of anilines is 1. The van der Waals surface area contributed by atoms with E-state index in [0.717, 1.165) is 18.8 Å². The average Bonchev–Trinajstić information content (AvgIpc) is 2.30. The monoisotopic (exact) mass is 294 g/mol. The molecule has 1 amide bonds. The fourth-order valence-corrected chi connectivity index (χ4v) is 1.22. The Labute approximate surface area is 120 Å². The third-order valence-corrected chi connectivity index (χ3v) is 2.02. The largest absolute Gasteiger partial charge is 0.370 e. The van der Waals surface area contributed by atoms with Crippen LogP contribution in [0.4, 0.5) is 5.82 Å². The van der Waals surface area contributed by atoms with Crippen LogP contribution in [0.2, 0.25) is 0 Å². The van der Waals surface area contributed by atoms with Crippen molar-refractivity contribution >= 4 is 36.5 Å². The van der Waals surface area contributed by atoms with Crippen molar-refractivity contribution in [3.63, 3.8) is 0 Å². The molecule has 0 saturated carbocycles. The van der Waals surface area contributed by atoms with Crippen LogP contribution in [0.5, 0.6) is 0 Å². The van der Waals surface area contributed by atoms with Crippen molar-refractivity contribution in [2.75, 3.05) is 25.0 Å². The predicted octanol–water partition coefficient (Wildman–Crippen LogP) is 1.19. The number of hydrogen-bond donors (Lipinski definition) is 3. The third-order valence-electron chi connectivity index (χ3n) is 2.02. The first-order valence-corrected chi connectivity index (χ1v) is 5.44. The van der Waals surface area contributed by atoms with Crippen molar-refractivity contribution in [2.45, 2.75) is 12.8 Å². The minimum absolute atomic E-state index is 0. The molecule has 0 unspecified atom stereocenters. The summed E-state index contributed by atoms with van der Waals surface area (Å²) < 4.78 is 0. The minimum Gasteiger partial charge on any atom is -0.370 e. The van der Waals surface area contributed by atoms with E-state index in [0.29, 0.717) is 19.5 Å². The zero-order chi connectivity index (χ0) is 11.6. The van der Waals surface area contributed by atoms with E-state index in [1.807, 2.05) is 18.2 Å². The standard InChI is InChI=1S/C11H18N4O.2ClH/c12-6-5-11(16)15-9-3-8-14-10-4-1-2-7-13-10;;/h1-2,4,7H,3,5-6,8-9,12H2,(H,13,14)(H,15,16);2*1H. The van der Waals surface area contributed by atoms with Gasteiger partial charge in [0, 0.05) is 32.3 Å². The van der Waals surface area contributed by atoms with Crippen molar-refractivity contribution in [1.29, 1.82) is 0 Å². The molecule has 1 heterocycles. The van der Waals surface area contributed by atoms with Crippen LogP contribution < -0.4 is 16.4 Å². The summed E-state index contributed by atoms with van der Waals surface area (Å²) in [7, 11) is 0. The second-order valence-electron chi connectivity index (χ2n) is 3.38. The van der Waals surface area contributed by atoms with Gasteiger partial charge < -0.3 is 16.4 Å². The van der Waals surface area contributed by atoms with E-state index in [1.165, 1.54) is 0 Å². The summed E-state index contributed by atoms with van der Waals surface area (Å²) in [4.78, 5) is 15.2. The molecule has 0 atom stereocenters. The number of nitrogens with zero attached hydrogens (tertiary/aromatic N) is 1. The number of carbonyl (C=O) groups is 1. The minimum atomic E-state index is 0. The Morgan fingerprint density at radius 2 is 2.06 bits per heavy atom. The van der Waals surface area contributed by atoms with E-state index in [-0.39, 0.29) is 30.7 Å². The molecular weight excluding hydrogens is 275 g/mol. The molecule has 1 aromatic heterocycles. The molecule has 0 radical (unpaired) electrons. The van der Waals surface area contributed by atoms with Gasteiger partial charge in [0.15, 0.2) is 0 Å². The Kier molecular flexibility index (Phi) is 13.3. The topological polar surface area (TPSA) is 80.0 Å². The van der Waals surface area contributed by atoms with Crippen molar-refractivity contribution < 1.29 is 4.79 Å². The lowest BCUT2D eigenvalue weighted by atomic mass is 10.3. The summed E-state index contributed by atoms with van der Waals surface area (Å²) >= 11 is 0. The first kappa shape index (κ1) is 19.3. The molecule has 1 rings (SSSR count). The molecule has 1 aromatic rings. The van der Waals surface area contributed by atoms with Crippen LogP contribution >= 0.6 is 24.8 Å². The highest BCUT2D eigenvalue weighted by molar-refractivity contribution is 5.85. The zero-order valence-electron chi connectivity index (χ0n) is 10.1. The molecule has 0 aromatic carbocycles. The van der Waals surface area contributed by atoms with E-state index in [2.05, 4.69) is 15.6 Å². The molecule has 0 aliphatic heterocycles. The number of amides is 1. The number of halogens is 2. The Balaban J connectivity index is 0. The van der Waals surface area contributed by atoms with Crippen LogP contribution in [-0.2, 0) is 4.79 Å². The fraction of sp³-hybridized carbons (Fsp3) is 0.455. The smallest absolute Gasteiger partial charge is 0.221 e. The molecule has 7 heteroatoms. The number of rotatable bonds is 7. The molecule has 0 bridgehead atoms. The number of aromatic nitrogens is 1. The van der Waals surface area contributed by atoms with Gasteiger partial charge >= 0.3 is 0 Å². The molecule has 0 saturated heterocycles. The van der Waals surface area contributed by atoms with Gasteiger partial charge in [-0.1, -0.05) is 6.07 Å². The molecule has 18 heavy (non-hydrogen) atoms. The third kappa shape index (κ3) is 9.04. The summed E-state index contributed by atoms with van der Waals surface area (Å²) in [5.41, 5.74) is 5.25. The van der Waals surface area contributed by atoms with Gasteiger partial charge in [0.25, 0.3) is 0 Å². The van der Waals surface area contributed by atoms with Gasteiger partial charge in [-0.25, -0.2) is 4.98 Å². The molecule has 104 valence electrons. The normalized spacial score (nSPS) is 8.72. The van der Waals surface area contributed by atoms with E-state index in [4.69, 9.17) is 5.73 Å². The number of carbonyl (C=O) groups excluding carboxylic acids is 1. The van der Waals surface area contributed by atoms with Gasteiger partial charge in [-0.3, -0.25) is 4.79 Å². The lowest BCUT2D eigenvalue weighted by molar-refractivity contribution is -0.120. The Morgan fingerprint density at radius 1 is 1.28 bits per heavy atom. The van der Waals surface area contributed by atoms with Crippen molar-refractivity contribution in [2.24, 2.45) is 5.73 Å². The average molecular weight is 295 g/mol. The van der Waals surface area contributed by atoms with Gasteiger partial charge in [-0.05, 0) is 18.6 Å². The van der Waals surface area contributed by atoms with E-state index >= 15 is 0 Å². The highest BCUT2D eigenvalue weighted by atomic mass is 35.5. The van der Waals surface area contributed by atoms with Crippen LogP contribution in [0.1, 0.15) is 12.8 Å². The van der Waals surface area contributed by atoms with E-state index in [1.54, 1.807) is 6.20 Å². The fourth-order valence-electron chi connectivity index (χ4n) is 1.22. The maximum atomic E-state index is 11.1. The van der Waals surface area contributed by atoms with Gasteiger partial charge in [0.05, 0.1) is 0 Å². The molecule has 0 fully saturated rings. The summed E-state index contributed by atoms with van der Waals surface area (Å²) in [6.45, 7) is 1.86. The molecule has 0 aliphatic carbocycles. The lowest BCUT2D eigenvalue weighted by Gasteiger charge is -2.06. The predicted molar refractivity (Wildman–Crippen MR) is 78.5 cm³/mol. The Hall–Kier alpha value is -1.04. The molecule has 5 nitrogen and oxygen atoms in total. The van der Waals surface area contributed by atoms with Crippen molar-refractivity contribution in [3.8, 4) is 0 Å². The summed E-state index contributed by atoms with van der Waals surface area (Å²) in [5, 5.41) is 5.95. The quantitative estimate of drug-likeness (QED) is 0.660. The summed E-state index contributed by atoms with van der Waals surface area (Å²) in [5.74, 6) is 0.871. The van der Waals surface area contributed by atoms with Crippen LogP contribution in [0.3, 0.4) is 0 Å². The van der Waals surface area contributed by atoms with Crippen LogP contribution in [0, 0.1) is 0 Å². The maximum Gasteiger partial charge on any atom is 0.221 e. The van der Waals surface area contributed by atoms with E-state index in [9.17, 15) is 4.79 Å². The van der Waals surface area contributed by atoms with Crippen LogP contribution in [0.15, 0.2) is 24.4 Å². The number of pyridine rings is 1. The van der Waals surface area contributed by atoms with Gasteiger partial charge in [0.1, 0.15) is 5.82 Å². The summed E-state index contributed by atoms with van der Waals surface area (Å²) in [6, 6.07) is 5.71. The molecule has 4 N–H and O–H groups in total. The van der Waals surface area contributed by atoms with Crippen LogP contribution in [0.25, 0.3) is 0 Å². The first-order valence-electron chi connectivity index (χ1n) is 5.44. The zero-order valence-corrected chi connectivity index (χ0v) is 11.7. The van der Waals surface area contributed by atoms with Crippen molar-refractivity contribution in [1.82, 2.24) is 10.3 Å². The number of nitrogens with two attached hydrogens (primary N) is 1. The molecule has 0 aliphatic rings. The van der Waals surface area contributed by atoms with Crippen molar-refractivity contribution in [3.05, 3.63) is 24.4 Å². The maximum absolute atomic E-state index is 11.1. The van der Waals surface area contributed by atoms with Gasteiger partial charge in [-0.15, -0.1) is 24.8 Å². The van der Waals surface area contributed by atoms with Gasteiger partial charge in [0.2, 0.25) is 5.91 Å².